The zero-order valence-electron chi connectivity index (χ0n) is 15.3. The molecule has 0 saturated heterocycles. The van der Waals surface area contributed by atoms with Gasteiger partial charge >= 0.3 is 0 Å². The summed E-state index contributed by atoms with van der Waals surface area (Å²) < 4.78 is 0.875. The van der Waals surface area contributed by atoms with Gasteiger partial charge in [0.05, 0.1) is 5.92 Å². The zero-order valence-corrected chi connectivity index (χ0v) is 16.2. The Balaban J connectivity index is 2.28. The second-order valence-electron chi connectivity index (χ2n) is 6.54. The van der Waals surface area contributed by atoms with Crippen LogP contribution in [0, 0.1) is 5.92 Å². The number of primary amides is 2. The SMILES string of the molecule is CNC(=O)C(Cc1ccccc1)C(C(N)=O)(C(N)=O)c1csc2ccccc12. The third-order valence-corrected chi connectivity index (χ3v) is 6.01. The molecule has 5 N–H and O–H groups in total. The Morgan fingerprint density at radius 2 is 1.61 bits per heavy atom. The number of rotatable bonds is 7. The second kappa shape index (κ2) is 7.82. The highest BCUT2D eigenvalue weighted by molar-refractivity contribution is 7.17. The lowest BCUT2D eigenvalue weighted by molar-refractivity contribution is -0.143. The average molecular weight is 395 g/mol. The Morgan fingerprint density at radius 3 is 2.21 bits per heavy atom. The number of carbonyl (C=O) groups is 3. The van der Waals surface area contributed by atoms with Gasteiger partial charge in [-0.15, -0.1) is 11.3 Å². The van der Waals surface area contributed by atoms with Gasteiger partial charge < -0.3 is 16.8 Å². The van der Waals surface area contributed by atoms with Crippen molar-refractivity contribution in [1.82, 2.24) is 5.32 Å². The summed E-state index contributed by atoms with van der Waals surface area (Å²) in [5.41, 5.74) is 10.8. The summed E-state index contributed by atoms with van der Waals surface area (Å²) in [5, 5.41) is 4.94. The van der Waals surface area contributed by atoms with Crippen LogP contribution in [0.2, 0.25) is 0 Å². The molecule has 0 aliphatic heterocycles. The van der Waals surface area contributed by atoms with Gasteiger partial charge in [0.15, 0.2) is 5.41 Å². The molecule has 144 valence electrons. The maximum Gasteiger partial charge on any atom is 0.238 e. The highest BCUT2D eigenvalue weighted by Crippen LogP contribution is 2.41. The first-order chi connectivity index (χ1) is 13.4. The van der Waals surface area contributed by atoms with E-state index in [-0.39, 0.29) is 6.42 Å². The van der Waals surface area contributed by atoms with Crippen LogP contribution in [0.5, 0.6) is 0 Å². The highest BCUT2D eigenvalue weighted by Gasteiger charge is 2.55. The van der Waals surface area contributed by atoms with E-state index in [1.165, 1.54) is 18.4 Å². The van der Waals surface area contributed by atoms with Crippen molar-refractivity contribution in [1.29, 1.82) is 0 Å². The van der Waals surface area contributed by atoms with Crippen molar-refractivity contribution in [3.8, 4) is 0 Å². The summed E-state index contributed by atoms with van der Waals surface area (Å²) in [7, 11) is 1.46. The Morgan fingerprint density at radius 1 is 1.00 bits per heavy atom. The lowest BCUT2D eigenvalue weighted by Crippen LogP contribution is -2.60. The van der Waals surface area contributed by atoms with Crippen molar-refractivity contribution in [2.45, 2.75) is 11.8 Å². The van der Waals surface area contributed by atoms with Crippen LogP contribution in [-0.2, 0) is 26.2 Å². The molecule has 3 aromatic rings. The zero-order chi connectivity index (χ0) is 20.3. The number of thiophene rings is 1. The standard InChI is InChI=1S/C21H21N3O3S/c1-24-18(25)15(11-13-7-3-2-4-8-13)21(19(22)26,20(23)27)16-12-28-17-10-6-5-9-14(16)17/h2-10,12,15H,11H2,1H3,(H2,22,26)(H2,23,27)(H,24,25). The van der Waals surface area contributed by atoms with E-state index in [9.17, 15) is 14.4 Å². The number of amides is 3. The van der Waals surface area contributed by atoms with Crippen molar-refractivity contribution in [3.63, 3.8) is 0 Å². The third-order valence-electron chi connectivity index (χ3n) is 5.05. The third kappa shape index (κ3) is 3.14. The fourth-order valence-corrected chi connectivity index (χ4v) is 4.69. The maximum atomic E-state index is 12.9. The average Bonchev–Trinajstić information content (AvgIpc) is 3.12. The van der Waals surface area contributed by atoms with E-state index in [0.717, 1.165) is 10.3 Å². The first-order valence-electron chi connectivity index (χ1n) is 8.75. The highest BCUT2D eigenvalue weighted by atomic mass is 32.1. The van der Waals surface area contributed by atoms with E-state index < -0.39 is 29.1 Å². The van der Waals surface area contributed by atoms with Crippen LogP contribution in [0.25, 0.3) is 10.1 Å². The largest absolute Gasteiger partial charge is 0.368 e. The van der Waals surface area contributed by atoms with Crippen LogP contribution in [0.3, 0.4) is 0 Å². The minimum atomic E-state index is -1.98. The lowest BCUT2D eigenvalue weighted by Gasteiger charge is -2.34. The summed E-state index contributed by atoms with van der Waals surface area (Å²) in [6.45, 7) is 0. The molecular weight excluding hydrogens is 374 g/mol. The Labute approximate surface area is 166 Å². The summed E-state index contributed by atoms with van der Waals surface area (Å²) in [5.74, 6) is -3.44. The smallest absolute Gasteiger partial charge is 0.238 e. The minimum absolute atomic E-state index is 0.135. The fourth-order valence-electron chi connectivity index (χ4n) is 3.67. The van der Waals surface area contributed by atoms with Crippen molar-refractivity contribution in [2.75, 3.05) is 7.05 Å². The Kier molecular flexibility index (Phi) is 5.46. The summed E-state index contributed by atoms with van der Waals surface area (Å²) in [6, 6.07) is 16.5. The van der Waals surface area contributed by atoms with Crippen molar-refractivity contribution in [2.24, 2.45) is 17.4 Å². The molecule has 2 aromatic carbocycles. The van der Waals surface area contributed by atoms with E-state index in [1.807, 2.05) is 42.5 Å². The number of hydrogen-bond acceptors (Lipinski definition) is 4. The molecule has 1 heterocycles. The van der Waals surface area contributed by atoms with Crippen molar-refractivity contribution < 1.29 is 14.4 Å². The van der Waals surface area contributed by atoms with E-state index in [0.29, 0.717) is 10.9 Å². The molecule has 0 fully saturated rings. The number of benzene rings is 2. The molecule has 6 nitrogen and oxygen atoms in total. The lowest BCUT2D eigenvalue weighted by atomic mass is 9.66. The van der Waals surface area contributed by atoms with E-state index in [2.05, 4.69) is 5.32 Å². The van der Waals surface area contributed by atoms with Gasteiger partial charge in [-0.1, -0.05) is 48.5 Å². The van der Waals surface area contributed by atoms with Crippen LogP contribution < -0.4 is 16.8 Å². The molecule has 0 aliphatic carbocycles. The van der Waals surface area contributed by atoms with Gasteiger partial charge in [-0.05, 0) is 34.4 Å². The van der Waals surface area contributed by atoms with Gasteiger partial charge in [-0.2, -0.15) is 0 Å². The molecule has 0 aliphatic rings. The van der Waals surface area contributed by atoms with Gasteiger partial charge in [0.25, 0.3) is 0 Å². The molecule has 1 atom stereocenters. The number of carbonyl (C=O) groups excluding carboxylic acids is 3. The minimum Gasteiger partial charge on any atom is -0.368 e. The monoisotopic (exact) mass is 395 g/mol. The van der Waals surface area contributed by atoms with Crippen LogP contribution >= 0.6 is 11.3 Å². The van der Waals surface area contributed by atoms with E-state index in [4.69, 9.17) is 11.5 Å². The molecule has 28 heavy (non-hydrogen) atoms. The van der Waals surface area contributed by atoms with Crippen LogP contribution in [0.15, 0.2) is 60.0 Å². The summed E-state index contributed by atoms with van der Waals surface area (Å²) in [6.07, 6.45) is 0.135. The molecule has 0 bridgehead atoms. The van der Waals surface area contributed by atoms with Crippen molar-refractivity contribution in [3.05, 3.63) is 71.1 Å². The molecule has 1 unspecified atom stereocenters. The van der Waals surface area contributed by atoms with Gasteiger partial charge in [0.1, 0.15) is 0 Å². The van der Waals surface area contributed by atoms with E-state index in [1.54, 1.807) is 17.5 Å². The van der Waals surface area contributed by atoms with Gasteiger partial charge in [0.2, 0.25) is 17.7 Å². The summed E-state index contributed by atoms with van der Waals surface area (Å²) in [4.78, 5) is 38.5. The van der Waals surface area contributed by atoms with Crippen LogP contribution in [0.1, 0.15) is 11.1 Å². The topological polar surface area (TPSA) is 115 Å². The molecule has 0 spiro atoms. The Hall–Kier alpha value is -3.19. The molecule has 0 radical (unpaired) electrons. The van der Waals surface area contributed by atoms with E-state index >= 15 is 0 Å². The van der Waals surface area contributed by atoms with Gasteiger partial charge in [0, 0.05) is 11.7 Å². The first-order valence-corrected chi connectivity index (χ1v) is 9.63. The molecule has 7 heteroatoms. The summed E-state index contributed by atoms with van der Waals surface area (Å²) >= 11 is 1.37. The second-order valence-corrected chi connectivity index (χ2v) is 7.45. The van der Waals surface area contributed by atoms with Crippen molar-refractivity contribution >= 4 is 39.1 Å². The molecule has 3 amide bonds. The van der Waals surface area contributed by atoms with Crippen LogP contribution in [0.4, 0.5) is 0 Å². The molecule has 1 aromatic heterocycles. The number of hydrogen-bond donors (Lipinski definition) is 3. The normalized spacial score (nSPS) is 12.5. The molecule has 3 rings (SSSR count). The first kappa shape index (κ1) is 19.6. The maximum absolute atomic E-state index is 12.9. The van der Waals surface area contributed by atoms with Gasteiger partial charge in [-0.25, -0.2) is 0 Å². The quantitative estimate of drug-likeness (QED) is 0.529. The molecule has 0 saturated carbocycles. The number of nitrogens with one attached hydrogen (secondary N) is 1. The number of fused-ring (bicyclic) bond motifs is 1. The van der Waals surface area contributed by atoms with Gasteiger partial charge in [-0.3, -0.25) is 14.4 Å². The van der Waals surface area contributed by atoms with Crippen LogP contribution in [-0.4, -0.2) is 24.8 Å². The molecular formula is C21H21N3O3S. The predicted octanol–water partition coefficient (Wildman–Crippen LogP) is 1.71. The predicted molar refractivity (Wildman–Crippen MR) is 110 cm³/mol. The Bertz CT molecular complexity index is 1020. The fraction of sp³-hybridized carbons (Fsp3) is 0.190. The number of nitrogens with two attached hydrogens (primary N) is 2.